The number of nitrogens with zero attached hydrogens (tertiary/aromatic N) is 1. The second-order valence-corrected chi connectivity index (χ2v) is 3.44. The molecule has 0 aromatic rings. The quantitative estimate of drug-likeness (QED) is 0.669. The van der Waals surface area contributed by atoms with Crippen molar-refractivity contribution in [3.8, 4) is 0 Å². The van der Waals surface area contributed by atoms with Crippen LogP contribution in [0, 0.1) is 5.92 Å². The maximum Gasteiger partial charge on any atom is 0.306 e. The van der Waals surface area contributed by atoms with Gasteiger partial charge in [0.15, 0.2) is 0 Å². The van der Waals surface area contributed by atoms with Crippen LogP contribution in [0.4, 0.5) is 0 Å². The lowest BCUT2D eigenvalue weighted by Gasteiger charge is -2.29. The monoisotopic (exact) mass is 197 g/mol. The predicted molar refractivity (Wildman–Crippen MR) is 51.8 cm³/mol. The number of rotatable bonds is 2. The number of hydrogen-bond acceptors (Lipinski definition) is 2. The van der Waals surface area contributed by atoms with E-state index in [2.05, 4.69) is 0 Å². The first kappa shape index (κ1) is 10.8. The third kappa shape index (κ3) is 2.58. The molecule has 1 amide bonds. The third-order valence-corrected chi connectivity index (χ3v) is 2.47. The van der Waals surface area contributed by atoms with Crippen LogP contribution >= 0.6 is 0 Å². The number of carbonyl (C=O) groups is 2. The van der Waals surface area contributed by atoms with Gasteiger partial charge in [0.25, 0.3) is 0 Å². The zero-order valence-electron chi connectivity index (χ0n) is 8.27. The van der Waals surface area contributed by atoms with Crippen LogP contribution in [0.5, 0.6) is 0 Å². The summed E-state index contributed by atoms with van der Waals surface area (Å²) in [6.07, 6.45) is 4.35. The number of piperidine rings is 1. The fourth-order valence-corrected chi connectivity index (χ4v) is 1.59. The van der Waals surface area contributed by atoms with Gasteiger partial charge in [-0.15, -0.1) is 0 Å². The second kappa shape index (κ2) is 4.79. The molecule has 1 saturated heterocycles. The molecule has 78 valence electrons. The number of carboxylic acid groups (broad SMARTS) is 1. The maximum atomic E-state index is 11.4. The molecule has 0 aromatic heterocycles. The Balaban J connectivity index is 2.43. The minimum Gasteiger partial charge on any atom is -0.481 e. The Morgan fingerprint density at radius 1 is 1.36 bits per heavy atom. The zero-order chi connectivity index (χ0) is 10.6. The summed E-state index contributed by atoms with van der Waals surface area (Å²) >= 11 is 0. The Morgan fingerprint density at radius 3 is 2.36 bits per heavy atom. The van der Waals surface area contributed by atoms with E-state index in [1.165, 1.54) is 6.08 Å². The van der Waals surface area contributed by atoms with Crippen LogP contribution < -0.4 is 0 Å². The number of hydrogen-bond donors (Lipinski definition) is 1. The van der Waals surface area contributed by atoms with Gasteiger partial charge < -0.3 is 10.0 Å². The van der Waals surface area contributed by atoms with Crippen molar-refractivity contribution in [3.63, 3.8) is 0 Å². The van der Waals surface area contributed by atoms with Gasteiger partial charge in [-0.2, -0.15) is 0 Å². The Morgan fingerprint density at radius 2 is 1.93 bits per heavy atom. The van der Waals surface area contributed by atoms with Gasteiger partial charge in [0.1, 0.15) is 0 Å². The van der Waals surface area contributed by atoms with Crippen molar-refractivity contribution in [2.75, 3.05) is 13.1 Å². The van der Waals surface area contributed by atoms with Gasteiger partial charge >= 0.3 is 5.97 Å². The van der Waals surface area contributed by atoms with E-state index < -0.39 is 5.97 Å². The van der Waals surface area contributed by atoms with Gasteiger partial charge in [-0.25, -0.2) is 0 Å². The predicted octanol–water partition coefficient (Wildman–Crippen LogP) is 0.886. The molecule has 1 N–H and O–H groups in total. The highest BCUT2D eigenvalue weighted by Crippen LogP contribution is 2.17. The van der Waals surface area contributed by atoms with Gasteiger partial charge in [0.2, 0.25) is 5.91 Å². The molecule has 1 aliphatic heterocycles. The van der Waals surface area contributed by atoms with Crippen molar-refractivity contribution in [3.05, 3.63) is 12.2 Å². The van der Waals surface area contributed by atoms with Gasteiger partial charge in [0, 0.05) is 13.1 Å². The standard InChI is InChI=1S/C10H15NO3/c1-2-3-9(12)11-6-4-8(5-7-11)10(13)14/h2-3,8H,4-7H2,1H3,(H,13,14)/b3-2+. The summed E-state index contributed by atoms with van der Waals surface area (Å²) in [5.74, 6) is -1.04. The number of amides is 1. The Hall–Kier alpha value is -1.32. The van der Waals surface area contributed by atoms with E-state index in [9.17, 15) is 9.59 Å². The largest absolute Gasteiger partial charge is 0.481 e. The molecule has 1 fully saturated rings. The van der Waals surface area contributed by atoms with Crippen molar-refractivity contribution in [2.24, 2.45) is 5.92 Å². The smallest absolute Gasteiger partial charge is 0.306 e. The number of likely N-dealkylation sites (tertiary alicyclic amines) is 1. The molecule has 0 bridgehead atoms. The maximum absolute atomic E-state index is 11.4. The third-order valence-electron chi connectivity index (χ3n) is 2.47. The minimum atomic E-state index is -0.747. The first-order valence-electron chi connectivity index (χ1n) is 4.79. The Kier molecular flexibility index (Phi) is 3.68. The normalized spacial score (nSPS) is 18.8. The van der Waals surface area contributed by atoms with Crippen LogP contribution in [-0.2, 0) is 9.59 Å². The van der Waals surface area contributed by atoms with E-state index in [1.807, 2.05) is 0 Å². The fourth-order valence-electron chi connectivity index (χ4n) is 1.59. The lowest BCUT2D eigenvalue weighted by atomic mass is 9.97. The number of carbonyl (C=O) groups excluding carboxylic acids is 1. The first-order chi connectivity index (χ1) is 6.65. The molecular weight excluding hydrogens is 182 g/mol. The molecule has 14 heavy (non-hydrogen) atoms. The molecule has 4 nitrogen and oxygen atoms in total. The van der Waals surface area contributed by atoms with Crippen LogP contribution in [0.15, 0.2) is 12.2 Å². The van der Waals surface area contributed by atoms with Gasteiger partial charge in [-0.3, -0.25) is 9.59 Å². The summed E-state index contributed by atoms with van der Waals surface area (Å²) < 4.78 is 0. The molecule has 1 aliphatic rings. The summed E-state index contributed by atoms with van der Waals surface area (Å²) in [5.41, 5.74) is 0. The molecule has 0 atom stereocenters. The molecule has 1 rings (SSSR count). The summed E-state index contributed by atoms with van der Waals surface area (Å²) in [7, 11) is 0. The highest BCUT2D eigenvalue weighted by molar-refractivity contribution is 5.87. The molecule has 0 aromatic carbocycles. The Labute approximate surface area is 83.2 Å². The van der Waals surface area contributed by atoms with Crippen molar-refractivity contribution in [2.45, 2.75) is 19.8 Å². The van der Waals surface area contributed by atoms with Crippen LogP contribution in [0.1, 0.15) is 19.8 Å². The van der Waals surface area contributed by atoms with Crippen molar-refractivity contribution in [1.82, 2.24) is 4.90 Å². The van der Waals surface area contributed by atoms with Crippen LogP contribution in [0.25, 0.3) is 0 Å². The van der Waals surface area contributed by atoms with Crippen molar-refractivity contribution < 1.29 is 14.7 Å². The molecular formula is C10H15NO3. The second-order valence-electron chi connectivity index (χ2n) is 3.44. The lowest BCUT2D eigenvalue weighted by molar-refractivity contribution is -0.144. The summed E-state index contributed by atoms with van der Waals surface area (Å²) in [6, 6.07) is 0. The summed E-state index contributed by atoms with van der Waals surface area (Å²) in [5, 5.41) is 8.75. The van der Waals surface area contributed by atoms with E-state index in [4.69, 9.17) is 5.11 Å². The van der Waals surface area contributed by atoms with E-state index in [0.29, 0.717) is 25.9 Å². The van der Waals surface area contributed by atoms with E-state index in [1.54, 1.807) is 17.9 Å². The van der Waals surface area contributed by atoms with E-state index >= 15 is 0 Å². The number of carboxylic acids is 1. The summed E-state index contributed by atoms with van der Waals surface area (Å²) in [4.78, 5) is 23.7. The van der Waals surface area contributed by atoms with Gasteiger partial charge in [0.05, 0.1) is 5.92 Å². The molecule has 1 heterocycles. The molecule has 4 heteroatoms. The number of allylic oxidation sites excluding steroid dienone is 1. The average Bonchev–Trinajstić information content (AvgIpc) is 2.18. The van der Waals surface area contributed by atoms with E-state index in [0.717, 1.165) is 0 Å². The molecule has 0 spiro atoms. The van der Waals surface area contributed by atoms with E-state index in [-0.39, 0.29) is 11.8 Å². The van der Waals surface area contributed by atoms with Crippen molar-refractivity contribution >= 4 is 11.9 Å². The van der Waals surface area contributed by atoms with Gasteiger partial charge in [-0.05, 0) is 25.8 Å². The molecule has 0 aliphatic carbocycles. The van der Waals surface area contributed by atoms with Gasteiger partial charge in [-0.1, -0.05) is 6.08 Å². The molecule has 0 unspecified atom stereocenters. The first-order valence-corrected chi connectivity index (χ1v) is 4.79. The highest BCUT2D eigenvalue weighted by atomic mass is 16.4. The zero-order valence-corrected chi connectivity index (χ0v) is 8.27. The lowest BCUT2D eigenvalue weighted by Crippen LogP contribution is -2.39. The van der Waals surface area contributed by atoms with Crippen molar-refractivity contribution in [1.29, 1.82) is 0 Å². The number of aliphatic carboxylic acids is 1. The topological polar surface area (TPSA) is 57.6 Å². The SMILES string of the molecule is C/C=C/C(=O)N1CCC(C(=O)O)CC1. The summed E-state index contributed by atoms with van der Waals surface area (Å²) in [6.45, 7) is 2.90. The average molecular weight is 197 g/mol. The molecule has 0 saturated carbocycles. The minimum absolute atomic E-state index is 0.0173. The fraction of sp³-hybridized carbons (Fsp3) is 0.600. The Bertz CT molecular complexity index is 252. The molecule has 0 radical (unpaired) electrons. The highest BCUT2D eigenvalue weighted by Gasteiger charge is 2.25. The van der Waals surface area contributed by atoms with Crippen LogP contribution in [-0.4, -0.2) is 35.0 Å². The van der Waals surface area contributed by atoms with Crippen LogP contribution in [0.3, 0.4) is 0 Å². The van der Waals surface area contributed by atoms with Crippen LogP contribution in [0.2, 0.25) is 0 Å².